The maximum Gasteiger partial charge on any atom is 0.198 e. The van der Waals surface area contributed by atoms with E-state index in [1.54, 1.807) is 11.7 Å². The number of hydrogen-bond donors (Lipinski definition) is 0. The Morgan fingerprint density at radius 1 is 0.500 bits per heavy atom. The second kappa shape index (κ2) is 9.84. The van der Waals surface area contributed by atoms with Crippen LogP contribution in [0.5, 0.6) is 0 Å². The zero-order valence-corrected chi connectivity index (χ0v) is 18.3. The summed E-state index contributed by atoms with van der Waals surface area (Å²) in [5, 5.41) is 0. The number of nitrogens with zero attached hydrogens (tertiary/aromatic N) is 4. The van der Waals surface area contributed by atoms with Crippen molar-refractivity contribution in [3.63, 3.8) is 0 Å². The quantitative estimate of drug-likeness (QED) is 0.436. The monoisotopic (exact) mass is 388 g/mol. The molecular formula is C24H44N4+2. The van der Waals surface area contributed by atoms with E-state index in [1.165, 1.54) is 138 Å². The Morgan fingerprint density at radius 2 is 0.964 bits per heavy atom. The van der Waals surface area contributed by atoms with E-state index in [4.69, 9.17) is 9.98 Å². The molecule has 0 aromatic heterocycles. The van der Waals surface area contributed by atoms with Crippen molar-refractivity contribution < 1.29 is 8.97 Å². The maximum atomic E-state index is 4.99. The molecule has 2 atom stereocenters. The summed E-state index contributed by atoms with van der Waals surface area (Å²) < 4.78 is 2.55. The van der Waals surface area contributed by atoms with Gasteiger partial charge < -0.3 is 0 Å². The molecule has 4 rings (SSSR count). The number of quaternary nitrogens is 2. The van der Waals surface area contributed by atoms with E-state index >= 15 is 0 Å². The fraction of sp³-hybridized carbons (Fsp3) is 0.917. The van der Waals surface area contributed by atoms with E-state index in [1.807, 2.05) is 0 Å². The Bertz CT molecular complexity index is 519. The number of amidine groups is 2. The van der Waals surface area contributed by atoms with E-state index in [0.717, 1.165) is 13.1 Å². The molecule has 0 aromatic carbocycles. The van der Waals surface area contributed by atoms with Gasteiger partial charge in [0.15, 0.2) is 11.7 Å². The number of fused-ring (bicyclic) bond motifs is 2. The Labute approximate surface area is 173 Å². The van der Waals surface area contributed by atoms with Crippen molar-refractivity contribution in [2.45, 2.75) is 89.9 Å². The standard InChI is InChI=1S/C24H44N4/c1(7-17-27-19-9-3-5-13-23(27)25-15-11-21-27)2-8-18-28-20-10-4-6-14-24(28)26-16-12-22-28/h1-22H2/q+2. The van der Waals surface area contributed by atoms with Crippen LogP contribution in [0, 0.1) is 0 Å². The van der Waals surface area contributed by atoms with Crippen LogP contribution in [0.4, 0.5) is 0 Å². The van der Waals surface area contributed by atoms with Crippen LogP contribution in [0.2, 0.25) is 0 Å². The van der Waals surface area contributed by atoms with Crippen molar-refractivity contribution in [3.05, 3.63) is 0 Å². The van der Waals surface area contributed by atoms with Gasteiger partial charge in [0, 0.05) is 38.8 Å². The topological polar surface area (TPSA) is 24.7 Å². The summed E-state index contributed by atoms with van der Waals surface area (Å²) in [5.74, 6) is 3.14. The number of aliphatic imine (C=N–C) groups is 2. The first-order valence-electron chi connectivity index (χ1n) is 12.6. The Hall–Kier alpha value is -0.740. The zero-order valence-electron chi connectivity index (χ0n) is 18.3. The third kappa shape index (κ3) is 4.70. The summed E-state index contributed by atoms with van der Waals surface area (Å²) in [5.41, 5.74) is 0. The SMILES string of the molecule is C(CCC[N+]12CCCCCC1=NCCC2)CC[N+]12CCCCCC1=NCCC2. The van der Waals surface area contributed by atoms with E-state index in [2.05, 4.69) is 0 Å². The fourth-order valence-electron chi connectivity index (χ4n) is 6.47. The van der Waals surface area contributed by atoms with Gasteiger partial charge in [0.25, 0.3) is 0 Å². The van der Waals surface area contributed by atoms with Gasteiger partial charge in [-0.3, -0.25) is 8.97 Å². The summed E-state index contributed by atoms with van der Waals surface area (Å²) in [7, 11) is 0. The molecule has 0 spiro atoms. The molecular weight excluding hydrogens is 344 g/mol. The minimum atomic E-state index is 1.10. The highest BCUT2D eigenvalue weighted by Crippen LogP contribution is 2.27. The largest absolute Gasteiger partial charge is 0.279 e. The molecule has 0 aromatic rings. The Morgan fingerprint density at radius 3 is 1.46 bits per heavy atom. The van der Waals surface area contributed by atoms with Gasteiger partial charge in [0.05, 0.1) is 39.3 Å². The lowest BCUT2D eigenvalue weighted by molar-refractivity contribution is -0.846. The van der Waals surface area contributed by atoms with Crippen LogP contribution in [0.15, 0.2) is 9.98 Å². The van der Waals surface area contributed by atoms with Crippen LogP contribution < -0.4 is 0 Å². The van der Waals surface area contributed by atoms with E-state index in [0.29, 0.717) is 0 Å². The first kappa shape index (κ1) is 20.5. The molecule has 0 bridgehead atoms. The molecule has 4 aliphatic rings. The molecule has 4 heterocycles. The van der Waals surface area contributed by atoms with Crippen molar-refractivity contribution >= 4 is 11.7 Å². The fourth-order valence-corrected chi connectivity index (χ4v) is 6.47. The zero-order chi connectivity index (χ0) is 19.1. The molecule has 4 nitrogen and oxygen atoms in total. The third-order valence-corrected chi connectivity index (χ3v) is 8.07. The van der Waals surface area contributed by atoms with E-state index in [-0.39, 0.29) is 0 Å². The molecule has 2 unspecified atom stereocenters. The summed E-state index contributed by atoms with van der Waals surface area (Å²) in [6.07, 6.45) is 19.3. The van der Waals surface area contributed by atoms with Gasteiger partial charge in [-0.2, -0.15) is 0 Å². The van der Waals surface area contributed by atoms with Crippen molar-refractivity contribution in [1.82, 2.24) is 0 Å². The molecule has 2 saturated heterocycles. The van der Waals surface area contributed by atoms with Gasteiger partial charge in [-0.25, -0.2) is 9.98 Å². The molecule has 0 aliphatic carbocycles. The first-order chi connectivity index (χ1) is 13.8. The van der Waals surface area contributed by atoms with Gasteiger partial charge in [-0.05, 0) is 64.2 Å². The van der Waals surface area contributed by atoms with Crippen LogP contribution in [-0.4, -0.2) is 73.0 Å². The summed E-state index contributed by atoms with van der Waals surface area (Å²) in [6, 6.07) is 0. The highest BCUT2D eigenvalue weighted by molar-refractivity contribution is 5.76. The summed E-state index contributed by atoms with van der Waals surface area (Å²) in [4.78, 5) is 9.97. The highest BCUT2D eigenvalue weighted by Gasteiger charge is 2.37. The first-order valence-corrected chi connectivity index (χ1v) is 12.6. The highest BCUT2D eigenvalue weighted by atomic mass is 15.4. The van der Waals surface area contributed by atoms with Crippen molar-refractivity contribution in [1.29, 1.82) is 0 Å². The van der Waals surface area contributed by atoms with Crippen molar-refractivity contribution in [2.75, 3.05) is 52.4 Å². The minimum Gasteiger partial charge on any atom is -0.279 e. The Balaban J connectivity index is 1.23. The van der Waals surface area contributed by atoms with E-state index < -0.39 is 0 Å². The lowest BCUT2D eigenvalue weighted by Gasteiger charge is -2.40. The summed E-state index contributed by atoms with van der Waals surface area (Å²) >= 11 is 0. The van der Waals surface area contributed by atoms with Crippen LogP contribution in [0.3, 0.4) is 0 Å². The van der Waals surface area contributed by atoms with Crippen LogP contribution in [0.1, 0.15) is 89.9 Å². The smallest absolute Gasteiger partial charge is 0.198 e. The lowest BCUT2D eigenvalue weighted by Crippen LogP contribution is -2.56. The molecule has 2 fully saturated rings. The molecule has 0 amide bonds. The maximum absolute atomic E-state index is 4.99. The average molecular weight is 389 g/mol. The third-order valence-electron chi connectivity index (χ3n) is 8.07. The normalized spacial score (nSPS) is 33.7. The van der Waals surface area contributed by atoms with Crippen LogP contribution in [-0.2, 0) is 0 Å². The van der Waals surface area contributed by atoms with Gasteiger partial charge in [0.1, 0.15) is 0 Å². The second-order valence-corrected chi connectivity index (χ2v) is 9.97. The molecule has 4 aliphatic heterocycles. The Kier molecular flexibility index (Phi) is 7.22. The van der Waals surface area contributed by atoms with Crippen LogP contribution >= 0.6 is 0 Å². The van der Waals surface area contributed by atoms with Crippen LogP contribution in [0.25, 0.3) is 0 Å². The minimum absolute atomic E-state index is 1.10. The number of unbranched alkanes of at least 4 members (excludes halogenated alkanes) is 3. The predicted octanol–water partition coefficient (Wildman–Crippen LogP) is 4.93. The molecule has 0 radical (unpaired) electrons. The predicted molar refractivity (Wildman–Crippen MR) is 119 cm³/mol. The van der Waals surface area contributed by atoms with Gasteiger partial charge >= 0.3 is 0 Å². The molecule has 0 saturated carbocycles. The number of rotatable bonds is 7. The van der Waals surface area contributed by atoms with E-state index in [9.17, 15) is 0 Å². The van der Waals surface area contributed by atoms with Gasteiger partial charge in [0.2, 0.25) is 0 Å². The molecule has 28 heavy (non-hydrogen) atoms. The van der Waals surface area contributed by atoms with Gasteiger partial charge in [-0.1, -0.05) is 0 Å². The second-order valence-electron chi connectivity index (χ2n) is 9.97. The lowest BCUT2D eigenvalue weighted by atomic mass is 10.1. The van der Waals surface area contributed by atoms with Gasteiger partial charge in [-0.15, -0.1) is 0 Å². The number of hydrogen-bond acceptors (Lipinski definition) is 2. The molecule has 4 heteroatoms. The average Bonchev–Trinajstić information content (AvgIpc) is 3.07. The molecule has 158 valence electrons. The summed E-state index contributed by atoms with van der Waals surface area (Å²) in [6.45, 7) is 10.4. The van der Waals surface area contributed by atoms with Crippen molar-refractivity contribution in [3.8, 4) is 0 Å². The molecule has 0 N–H and O–H groups in total. The van der Waals surface area contributed by atoms with Crippen molar-refractivity contribution in [2.24, 2.45) is 9.98 Å².